The molecule has 0 bridgehead atoms. The first-order valence-corrected chi connectivity index (χ1v) is 6.11. The maximum Gasteiger partial charge on any atom is 0.0698 e. The Labute approximate surface area is 99.6 Å². The van der Waals surface area contributed by atoms with Crippen molar-refractivity contribution in [3.8, 4) is 0 Å². The number of hydrogen-bond donors (Lipinski definition) is 2. The molecule has 4 heteroatoms. The summed E-state index contributed by atoms with van der Waals surface area (Å²) in [6, 6.07) is 0. The van der Waals surface area contributed by atoms with Gasteiger partial charge in [-0.2, -0.15) is 0 Å². The zero-order valence-corrected chi connectivity index (χ0v) is 10.8. The van der Waals surface area contributed by atoms with Crippen LogP contribution in [0.3, 0.4) is 0 Å². The molecule has 0 fully saturated rings. The molecule has 4 nitrogen and oxygen atoms in total. The normalized spacial score (nSPS) is 9.75. The second-order valence-electron chi connectivity index (χ2n) is 3.47. The molecule has 0 aromatic rings. The Balaban J connectivity index is 0. The Kier molecular flexibility index (Phi) is 23.1. The summed E-state index contributed by atoms with van der Waals surface area (Å²) in [5.74, 6) is 0. The molecule has 0 aliphatic carbocycles. The average Bonchev–Trinajstić information content (AvgIpc) is 2.31. The van der Waals surface area contributed by atoms with Gasteiger partial charge in [0.2, 0.25) is 0 Å². The fraction of sp³-hybridized carbons (Fsp3) is 1.00. The summed E-state index contributed by atoms with van der Waals surface area (Å²) >= 11 is 0. The number of rotatable bonds is 10. The molecule has 0 heterocycles. The van der Waals surface area contributed by atoms with Gasteiger partial charge in [0.15, 0.2) is 0 Å². The highest BCUT2D eigenvalue weighted by atomic mass is 16.5. The smallest absolute Gasteiger partial charge is 0.0698 e. The highest BCUT2D eigenvalue weighted by Crippen LogP contribution is 2.01. The molecule has 0 radical (unpaired) electrons. The quantitative estimate of drug-likeness (QED) is 0.566. The van der Waals surface area contributed by atoms with Crippen molar-refractivity contribution in [2.45, 2.75) is 39.0 Å². The molecule has 0 unspecified atom stereocenters. The van der Waals surface area contributed by atoms with E-state index in [1.807, 2.05) is 0 Å². The Hall–Kier alpha value is -0.160. The van der Waals surface area contributed by atoms with Gasteiger partial charge >= 0.3 is 0 Å². The maximum atomic E-state index is 8.09. The minimum Gasteiger partial charge on any atom is -0.394 e. The first kappa shape index (κ1) is 18.2. The number of aliphatic hydroxyl groups excluding tert-OH is 2. The Morgan fingerprint density at radius 3 is 1.81 bits per heavy atom. The van der Waals surface area contributed by atoms with Crippen LogP contribution in [0.4, 0.5) is 0 Å². The number of unbranched alkanes of at least 4 members (excludes halogenated alkanes) is 4. The van der Waals surface area contributed by atoms with Crippen LogP contribution in [0.2, 0.25) is 0 Å². The van der Waals surface area contributed by atoms with Gasteiger partial charge in [0.25, 0.3) is 0 Å². The minimum absolute atomic E-state index is 0.0278. The van der Waals surface area contributed by atoms with Gasteiger partial charge in [-0.05, 0) is 6.42 Å². The Bertz CT molecular complexity index is 89.0. The fourth-order valence-electron chi connectivity index (χ4n) is 1.08. The molecular weight excluding hydrogens is 208 g/mol. The number of methoxy groups -OCH3 is 1. The minimum atomic E-state index is 0.0278. The third-order valence-corrected chi connectivity index (χ3v) is 1.92. The summed E-state index contributed by atoms with van der Waals surface area (Å²) in [6.45, 7) is 3.86. The van der Waals surface area contributed by atoms with Gasteiger partial charge in [0.05, 0.1) is 26.4 Å². The SMILES string of the molecule is CCCCCCCOC.OCCOCCO. The lowest BCUT2D eigenvalue weighted by molar-refractivity contribution is 0.0650. The molecule has 0 aromatic heterocycles. The summed E-state index contributed by atoms with van der Waals surface area (Å²) in [7, 11) is 1.76. The number of hydrogen-bond acceptors (Lipinski definition) is 4. The van der Waals surface area contributed by atoms with E-state index in [1.54, 1.807) is 7.11 Å². The van der Waals surface area contributed by atoms with Crippen molar-refractivity contribution in [1.82, 2.24) is 0 Å². The van der Waals surface area contributed by atoms with Crippen molar-refractivity contribution in [2.24, 2.45) is 0 Å². The molecule has 0 rings (SSSR count). The van der Waals surface area contributed by atoms with E-state index in [0.717, 1.165) is 6.61 Å². The second kappa shape index (κ2) is 20.3. The molecule has 2 N–H and O–H groups in total. The predicted molar refractivity (Wildman–Crippen MR) is 65.6 cm³/mol. The van der Waals surface area contributed by atoms with Crippen LogP contribution in [0.15, 0.2) is 0 Å². The zero-order chi connectivity index (χ0) is 12.5. The van der Waals surface area contributed by atoms with Gasteiger partial charge in [-0.15, -0.1) is 0 Å². The van der Waals surface area contributed by atoms with Crippen molar-refractivity contribution >= 4 is 0 Å². The first-order chi connectivity index (χ1) is 7.83. The van der Waals surface area contributed by atoms with Gasteiger partial charge in [-0.3, -0.25) is 0 Å². The van der Waals surface area contributed by atoms with Crippen molar-refractivity contribution in [2.75, 3.05) is 40.1 Å². The molecule has 100 valence electrons. The van der Waals surface area contributed by atoms with Crippen LogP contribution >= 0.6 is 0 Å². The third-order valence-electron chi connectivity index (χ3n) is 1.92. The highest BCUT2D eigenvalue weighted by Gasteiger charge is 1.85. The van der Waals surface area contributed by atoms with Crippen LogP contribution in [0.1, 0.15) is 39.0 Å². The lowest BCUT2D eigenvalue weighted by Crippen LogP contribution is -2.03. The number of aliphatic hydroxyl groups is 2. The molecule has 0 amide bonds. The molecule has 0 aromatic carbocycles. The van der Waals surface area contributed by atoms with Crippen molar-refractivity contribution in [1.29, 1.82) is 0 Å². The van der Waals surface area contributed by atoms with Crippen molar-refractivity contribution in [3.63, 3.8) is 0 Å². The van der Waals surface area contributed by atoms with Crippen LogP contribution in [0, 0.1) is 0 Å². The summed E-state index contributed by atoms with van der Waals surface area (Å²) < 4.78 is 9.55. The largest absolute Gasteiger partial charge is 0.394 e. The van der Waals surface area contributed by atoms with E-state index < -0.39 is 0 Å². The molecule has 0 atom stereocenters. The van der Waals surface area contributed by atoms with Gasteiger partial charge in [-0.25, -0.2) is 0 Å². The number of ether oxygens (including phenoxy) is 2. The molecule has 0 spiro atoms. The van der Waals surface area contributed by atoms with Crippen molar-refractivity contribution in [3.05, 3.63) is 0 Å². The van der Waals surface area contributed by atoms with Crippen LogP contribution in [0.5, 0.6) is 0 Å². The van der Waals surface area contributed by atoms with Gasteiger partial charge in [0, 0.05) is 13.7 Å². The first-order valence-electron chi connectivity index (χ1n) is 6.11. The molecule has 0 aliphatic heterocycles. The highest BCUT2D eigenvalue weighted by molar-refractivity contribution is 4.40. The van der Waals surface area contributed by atoms with Crippen LogP contribution in [0.25, 0.3) is 0 Å². The maximum absolute atomic E-state index is 8.09. The summed E-state index contributed by atoms with van der Waals surface area (Å²) in [6.07, 6.45) is 6.65. The second-order valence-corrected chi connectivity index (χ2v) is 3.47. The molecule has 0 aliphatic rings. The monoisotopic (exact) mass is 236 g/mol. The topological polar surface area (TPSA) is 58.9 Å². The molecule has 16 heavy (non-hydrogen) atoms. The van der Waals surface area contributed by atoms with Crippen LogP contribution in [-0.4, -0.2) is 50.4 Å². The fourth-order valence-corrected chi connectivity index (χ4v) is 1.08. The summed E-state index contributed by atoms with van der Waals surface area (Å²) in [5.41, 5.74) is 0. The molecule has 0 saturated carbocycles. The standard InChI is InChI=1S/C8H18O.C4H10O3/c1-3-4-5-6-7-8-9-2;5-1-3-7-4-2-6/h3-8H2,1-2H3;5-6H,1-4H2. The third kappa shape index (κ3) is 23.6. The zero-order valence-electron chi connectivity index (χ0n) is 10.8. The van der Waals surface area contributed by atoms with E-state index in [4.69, 9.17) is 14.9 Å². The van der Waals surface area contributed by atoms with Crippen LogP contribution < -0.4 is 0 Å². The Morgan fingerprint density at radius 1 is 0.812 bits per heavy atom. The summed E-state index contributed by atoms with van der Waals surface area (Å²) in [5, 5.41) is 16.2. The van der Waals surface area contributed by atoms with E-state index in [9.17, 15) is 0 Å². The average molecular weight is 236 g/mol. The van der Waals surface area contributed by atoms with E-state index in [-0.39, 0.29) is 13.2 Å². The summed E-state index contributed by atoms with van der Waals surface area (Å²) in [4.78, 5) is 0. The lowest BCUT2D eigenvalue weighted by atomic mass is 10.2. The van der Waals surface area contributed by atoms with E-state index in [1.165, 1.54) is 32.1 Å². The molecule has 0 saturated heterocycles. The van der Waals surface area contributed by atoms with E-state index >= 15 is 0 Å². The molecular formula is C12H28O4. The van der Waals surface area contributed by atoms with E-state index in [0.29, 0.717) is 13.2 Å². The Morgan fingerprint density at radius 2 is 1.38 bits per heavy atom. The van der Waals surface area contributed by atoms with Crippen LogP contribution in [-0.2, 0) is 9.47 Å². The lowest BCUT2D eigenvalue weighted by Gasteiger charge is -1.97. The van der Waals surface area contributed by atoms with Gasteiger partial charge in [-0.1, -0.05) is 32.6 Å². The van der Waals surface area contributed by atoms with Gasteiger partial charge < -0.3 is 19.7 Å². The van der Waals surface area contributed by atoms with Gasteiger partial charge in [0.1, 0.15) is 0 Å². The van der Waals surface area contributed by atoms with Crippen molar-refractivity contribution < 1.29 is 19.7 Å². The van der Waals surface area contributed by atoms with E-state index in [2.05, 4.69) is 11.7 Å². The predicted octanol–water partition coefficient (Wildman–Crippen LogP) is 1.59.